The van der Waals surface area contributed by atoms with E-state index in [1.54, 1.807) is 25.3 Å². The fourth-order valence-electron chi connectivity index (χ4n) is 3.29. The Morgan fingerprint density at radius 3 is 2.73 bits per heavy atom. The summed E-state index contributed by atoms with van der Waals surface area (Å²) in [6.45, 7) is 4.38. The fourth-order valence-corrected chi connectivity index (χ4v) is 3.29. The number of nitrogens with zero attached hydrogens (tertiary/aromatic N) is 4. The van der Waals surface area contributed by atoms with E-state index in [0.29, 0.717) is 30.5 Å². The van der Waals surface area contributed by atoms with Crippen molar-refractivity contribution in [1.82, 2.24) is 15.2 Å². The number of carbonyl (C=O) groups excluding carboxylic acids is 1. The van der Waals surface area contributed by atoms with Gasteiger partial charge in [0.25, 0.3) is 0 Å². The quantitative estimate of drug-likeness (QED) is 0.835. The number of hydrogen-bond acceptors (Lipinski definition) is 8. The summed E-state index contributed by atoms with van der Waals surface area (Å²) in [5, 5.41) is 11.4. The Kier molecular flexibility index (Phi) is 4.52. The number of benzene rings is 1. The SMILES string of the molecule is CC(=O)c1cccc(Nc2cnnc(N3CCC4(CC3)OCCO4)n2)c1. The van der Waals surface area contributed by atoms with E-state index < -0.39 is 5.79 Å². The van der Waals surface area contributed by atoms with Crippen molar-refractivity contribution < 1.29 is 14.3 Å². The highest BCUT2D eigenvalue weighted by Gasteiger charge is 2.40. The zero-order chi connectivity index (χ0) is 18.0. The lowest BCUT2D eigenvalue weighted by Crippen LogP contribution is -2.45. The maximum atomic E-state index is 11.5. The number of carbonyl (C=O) groups is 1. The molecule has 4 rings (SSSR count). The Morgan fingerprint density at radius 2 is 2.00 bits per heavy atom. The first kappa shape index (κ1) is 16.9. The number of anilines is 3. The fraction of sp³-hybridized carbons (Fsp3) is 0.444. The molecule has 8 heteroatoms. The molecule has 2 aromatic rings. The molecule has 136 valence electrons. The topological polar surface area (TPSA) is 89.5 Å². The highest BCUT2D eigenvalue weighted by molar-refractivity contribution is 5.95. The minimum atomic E-state index is -0.424. The molecule has 2 aliphatic heterocycles. The maximum Gasteiger partial charge on any atom is 0.247 e. The van der Waals surface area contributed by atoms with Gasteiger partial charge in [-0.3, -0.25) is 4.79 Å². The summed E-state index contributed by atoms with van der Waals surface area (Å²) in [6.07, 6.45) is 3.14. The normalized spacial score (nSPS) is 18.9. The zero-order valence-electron chi connectivity index (χ0n) is 14.6. The Bertz CT molecular complexity index is 797. The van der Waals surface area contributed by atoms with Crippen molar-refractivity contribution in [1.29, 1.82) is 0 Å². The number of ether oxygens (including phenoxy) is 2. The van der Waals surface area contributed by atoms with Gasteiger partial charge in [0.15, 0.2) is 17.4 Å². The van der Waals surface area contributed by atoms with E-state index in [4.69, 9.17) is 9.47 Å². The molecule has 1 aromatic carbocycles. The molecule has 3 heterocycles. The summed E-state index contributed by atoms with van der Waals surface area (Å²) >= 11 is 0. The molecule has 0 radical (unpaired) electrons. The van der Waals surface area contributed by atoms with Gasteiger partial charge < -0.3 is 19.7 Å². The van der Waals surface area contributed by atoms with Crippen LogP contribution in [0.1, 0.15) is 30.1 Å². The smallest absolute Gasteiger partial charge is 0.247 e. The molecule has 26 heavy (non-hydrogen) atoms. The van der Waals surface area contributed by atoms with Crippen molar-refractivity contribution in [2.75, 3.05) is 36.5 Å². The number of ketones is 1. The Balaban J connectivity index is 1.45. The second kappa shape index (κ2) is 6.97. The van der Waals surface area contributed by atoms with Crippen LogP contribution < -0.4 is 10.2 Å². The summed E-state index contributed by atoms with van der Waals surface area (Å²) in [4.78, 5) is 18.2. The van der Waals surface area contributed by atoms with Gasteiger partial charge >= 0.3 is 0 Å². The largest absolute Gasteiger partial charge is 0.347 e. The van der Waals surface area contributed by atoms with Gasteiger partial charge in [-0.2, -0.15) is 10.1 Å². The first-order valence-electron chi connectivity index (χ1n) is 8.74. The van der Waals surface area contributed by atoms with E-state index in [1.807, 2.05) is 12.1 Å². The number of piperidine rings is 1. The third kappa shape index (κ3) is 3.51. The molecule has 2 saturated heterocycles. The molecule has 0 unspecified atom stereocenters. The van der Waals surface area contributed by atoms with E-state index >= 15 is 0 Å². The third-order valence-corrected chi connectivity index (χ3v) is 4.71. The van der Waals surface area contributed by atoms with Crippen LogP contribution in [0.2, 0.25) is 0 Å². The van der Waals surface area contributed by atoms with E-state index in [2.05, 4.69) is 25.4 Å². The lowest BCUT2D eigenvalue weighted by atomic mass is 10.0. The van der Waals surface area contributed by atoms with Gasteiger partial charge in [-0.05, 0) is 19.1 Å². The highest BCUT2D eigenvalue weighted by atomic mass is 16.7. The van der Waals surface area contributed by atoms with Gasteiger partial charge in [0.2, 0.25) is 5.95 Å². The van der Waals surface area contributed by atoms with Crippen LogP contribution in [0, 0.1) is 0 Å². The van der Waals surface area contributed by atoms with Gasteiger partial charge in [-0.25, -0.2) is 0 Å². The van der Waals surface area contributed by atoms with Crippen molar-refractivity contribution in [2.45, 2.75) is 25.6 Å². The Labute approximate surface area is 151 Å². The Morgan fingerprint density at radius 1 is 1.23 bits per heavy atom. The van der Waals surface area contributed by atoms with E-state index in [-0.39, 0.29) is 5.78 Å². The molecular weight excluding hydrogens is 334 g/mol. The van der Waals surface area contributed by atoms with Crippen LogP contribution in [0.5, 0.6) is 0 Å². The molecule has 1 aromatic heterocycles. The third-order valence-electron chi connectivity index (χ3n) is 4.71. The average molecular weight is 355 g/mol. The summed E-state index contributed by atoms with van der Waals surface area (Å²) in [5.74, 6) is 0.760. The molecule has 2 fully saturated rings. The number of hydrogen-bond donors (Lipinski definition) is 1. The minimum Gasteiger partial charge on any atom is -0.347 e. The standard InChI is InChI=1S/C18H21N5O3/c1-13(24)14-3-2-4-15(11-14)20-16-12-19-22-17(21-16)23-7-5-18(6-8-23)25-9-10-26-18/h2-4,11-12H,5-10H2,1H3,(H,20,21,22). The van der Waals surface area contributed by atoms with Crippen LogP contribution in [0.15, 0.2) is 30.5 Å². The van der Waals surface area contributed by atoms with Crippen molar-refractivity contribution in [3.63, 3.8) is 0 Å². The lowest BCUT2D eigenvalue weighted by Gasteiger charge is -2.37. The minimum absolute atomic E-state index is 0.0220. The van der Waals surface area contributed by atoms with Gasteiger partial charge in [0, 0.05) is 37.2 Å². The van der Waals surface area contributed by atoms with Crippen molar-refractivity contribution >= 4 is 23.2 Å². The molecule has 8 nitrogen and oxygen atoms in total. The van der Waals surface area contributed by atoms with Gasteiger partial charge in [-0.15, -0.1) is 5.10 Å². The molecule has 0 atom stereocenters. The molecule has 1 N–H and O–H groups in total. The van der Waals surface area contributed by atoms with Gasteiger partial charge in [0.05, 0.1) is 19.4 Å². The highest BCUT2D eigenvalue weighted by Crippen LogP contribution is 2.32. The van der Waals surface area contributed by atoms with Crippen LogP contribution in [0.25, 0.3) is 0 Å². The summed E-state index contributed by atoms with van der Waals surface area (Å²) in [7, 11) is 0. The van der Waals surface area contributed by atoms with E-state index in [1.165, 1.54) is 0 Å². The molecule has 2 aliphatic rings. The first-order valence-corrected chi connectivity index (χ1v) is 8.74. The van der Waals surface area contributed by atoms with Crippen molar-refractivity contribution in [3.8, 4) is 0 Å². The van der Waals surface area contributed by atoms with Gasteiger partial charge in [0.1, 0.15) is 0 Å². The predicted octanol–water partition coefficient (Wildman–Crippen LogP) is 2.16. The molecule has 0 aliphatic carbocycles. The second-order valence-corrected chi connectivity index (χ2v) is 6.50. The zero-order valence-corrected chi connectivity index (χ0v) is 14.6. The average Bonchev–Trinajstić information content (AvgIpc) is 3.11. The monoisotopic (exact) mass is 355 g/mol. The second-order valence-electron chi connectivity index (χ2n) is 6.50. The van der Waals surface area contributed by atoms with Crippen LogP contribution in [-0.4, -0.2) is 53.1 Å². The summed E-state index contributed by atoms with van der Waals surface area (Å²) in [6, 6.07) is 7.30. The first-order chi connectivity index (χ1) is 12.6. The lowest BCUT2D eigenvalue weighted by molar-refractivity contribution is -0.169. The molecular formula is C18H21N5O3. The van der Waals surface area contributed by atoms with Gasteiger partial charge in [-0.1, -0.05) is 12.1 Å². The van der Waals surface area contributed by atoms with Crippen molar-refractivity contribution in [2.24, 2.45) is 0 Å². The van der Waals surface area contributed by atoms with Crippen molar-refractivity contribution in [3.05, 3.63) is 36.0 Å². The van der Waals surface area contributed by atoms with E-state index in [0.717, 1.165) is 31.6 Å². The predicted molar refractivity (Wildman–Crippen MR) is 95.6 cm³/mol. The molecule has 0 bridgehead atoms. The number of aromatic nitrogens is 3. The molecule has 0 saturated carbocycles. The summed E-state index contributed by atoms with van der Waals surface area (Å²) in [5.41, 5.74) is 1.43. The van der Waals surface area contributed by atoms with Crippen LogP contribution in [0.3, 0.4) is 0 Å². The van der Waals surface area contributed by atoms with Crippen LogP contribution in [0.4, 0.5) is 17.5 Å². The number of Topliss-reactive ketones (excluding diaryl/α,β-unsaturated/α-hetero) is 1. The maximum absolute atomic E-state index is 11.5. The number of rotatable bonds is 4. The van der Waals surface area contributed by atoms with E-state index in [9.17, 15) is 4.79 Å². The number of nitrogens with one attached hydrogen (secondary N) is 1. The molecule has 0 amide bonds. The summed E-state index contributed by atoms with van der Waals surface area (Å²) < 4.78 is 11.5. The van der Waals surface area contributed by atoms with Crippen LogP contribution >= 0.6 is 0 Å². The Hall–Kier alpha value is -2.58. The molecule has 1 spiro atoms. The van der Waals surface area contributed by atoms with Crippen LogP contribution in [-0.2, 0) is 9.47 Å².